The average Bonchev–Trinajstić information content (AvgIpc) is 3.01. The predicted molar refractivity (Wildman–Crippen MR) is 117 cm³/mol. The highest BCUT2D eigenvalue weighted by Crippen LogP contribution is 2.39. The lowest BCUT2D eigenvalue weighted by Gasteiger charge is -2.32. The van der Waals surface area contributed by atoms with Crippen LogP contribution in [0.15, 0.2) is 48.5 Å². The van der Waals surface area contributed by atoms with Crippen LogP contribution >= 0.6 is 0 Å². The molecule has 2 heterocycles. The fourth-order valence-electron chi connectivity index (χ4n) is 4.19. The molecule has 0 saturated carbocycles. The molecule has 0 bridgehead atoms. The molecule has 3 aromatic rings. The maximum atomic E-state index is 13.1. The minimum atomic E-state index is -0.735. The molecule has 1 aliphatic heterocycles. The number of benzene rings is 2. The van der Waals surface area contributed by atoms with Gasteiger partial charge in [0.1, 0.15) is 11.9 Å². The molecule has 0 aliphatic carbocycles. The summed E-state index contributed by atoms with van der Waals surface area (Å²) >= 11 is 0. The standard InChI is InChI=1S/C24H26N4O2/c1-5-16-9-11-17(12-10-16)20-19-15(3)27-28(4)22(19)26-24(30)21(20)25-23(29)18-8-6-7-14(2)13-18/h6-13,20-21H,5H2,1-4H3,(H,25,29)(H,26,30)/t20-,21+/m1/s1. The van der Waals surface area contributed by atoms with Crippen molar-refractivity contribution in [2.24, 2.45) is 7.05 Å². The van der Waals surface area contributed by atoms with Gasteiger partial charge in [0.05, 0.1) is 5.69 Å². The van der Waals surface area contributed by atoms with Gasteiger partial charge in [0.15, 0.2) is 0 Å². The van der Waals surface area contributed by atoms with Crippen molar-refractivity contribution >= 4 is 17.6 Å². The molecule has 4 rings (SSSR count). The quantitative estimate of drug-likeness (QED) is 0.701. The van der Waals surface area contributed by atoms with Crippen molar-refractivity contribution in [3.05, 3.63) is 82.0 Å². The Balaban J connectivity index is 1.77. The van der Waals surface area contributed by atoms with Gasteiger partial charge >= 0.3 is 0 Å². The zero-order valence-corrected chi connectivity index (χ0v) is 17.7. The number of amides is 2. The Kier molecular flexibility index (Phi) is 5.16. The Hall–Kier alpha value is -3.41. The SMILES string of the molecule is CCc1ccc([C@@H]2c3c(C)nn(C)c3NC(=O)[C@H]2NC(=O)c2cccc(C)c2)cc1. The van der Waals surface area contributed by atoms with Gasteiger partial charge in [-0.15, -0.1) is 0 Å². The lowest BCUT2D eigenvalue weighted by molar-refractivity contribution is -0.118. The van der Waals surface area contributed by atoms with Gasteiger partial charge < -0.3 is 10.6 Å². The van der Waals surface area contributed by atoms with Gasteiger partial charge in [0.2, 0.25) is 5.91 Å². The topological polar surface area (TPSA) is 76.0 Å². The summed E-state index contributed by atoms with van der Waals surface area (Å²) in [5.74, 6) is -0.139. The summed E-state index contributed by atoms with van der Waals surface area (Å²) in [4.78, 5) is 26.1. The number of carbonyl (C=O) groups is 2. The molecule has 0 radical (unpaired) electrons. The Labute approximate surface area is 176 Å². The predicted octanol–water partition coefficient (Wildman–Crippen LogP) is 3.48. The van der Waals surface area contributed by atoms with E-state index in [1.165, 1.54) is 5.56 Å². The van der Waals surface area contributed by atoms with E-state index >= 15 is 0 Å². The summed E-state index contributed by atoms with van der Waals surface area (Å²) in [6.07, 6.45) is 0.941. The van der Waals surface area contributed by atoms with Crippen LogP contribution in [-0.2, 0) is 18.3 Å². The van der Waals surface area contributed by atoms with Gasteiger partial charge in [-0.05, 0) is 43.5 Å². The molecule has 0 spiro atoms. The third-order valence-electron chi connectivity index (χ3n) is 5.75. The second-order valence-corrected chi connectivity index (χ2v) is 7.85. The van der Waals surface area contributed by atoms with E-state index in [1.54, 1.807) is 10.7 Å². The Morgan fingerprint density at radius 2 is 1.90 bits per heavy atom. The number of aromatic nitrogens is 2. The normalized spacial score (nSPS) is 17.9. The molecule has 1 aliphatic rings. The number of hydrogen-bond donors (Lipinski definition) is 2. The molecule has 0 fully saturated rings. The molecule has 0 saturated heterocycles. The van der Waals surface area contributed by atoms with Crippen LogP contribution in [0.1, 0.15) is 51.1 Å². The second kappa shape index (κ2) is 7.78. The van der Waals surface area contributed by atoms with E-state index < -0.39 is 6.04 Å². The van der Waals surface area contributed by atoms with Crippen molar-refractivity contribution in [1.82, 2.24) is 15.1 Å². The number of aryl methyl sites for hydroxylation is 4. The Morgan fingerprint density at radius 3 is 2.57 bits per heavy atom. The summed E-state index contributed by atoms with van der Waals surface area (Å²) < 4.78 is 1.69. The maximum Gasteiger partial charge on any atom is 0.251 e. The van der Waals surface area contributed by atoms with E-state index in [-0.39, 0.29) is 17.7 Å². The first-order valence-corrected chi connectivity index (χ1v) is 10.2. The van der Waals surface area contributed by atoms with Crippen LogP contribution < -0.4 is 10.6 Å². The summed E-state index contributed by atoms with van der Waals surface area (Å²) in [7, 11) is 1.81. The molecule has 2 N–H and O–H groups in total. The van der Waals surface area contributed by atoms with E-state index in [0.29, 0.717) is 11.4 Å². The van der Waals surface area contributed by atoms with Gasteiger partial charge in [-0.1, -0.05) is 48.9 Å². The summed E-state index contributed by atoms with van der Waals surface area (Å²) in [6.45, 7) is 5.98. The maximum absolute atomic E-state index is 13.1. The van der Waals surface area contributed by atoms with Crippen LogP contribution in [0.2, 0.25) is 0 Å². The summed E-state index contributed by atoms with van der Waals surface area (Å²) in [5, 5.41) is 10.4. The van der Waals surface area contributed by atoms with Crippen molar-refractivity contribution < 1.29 is 9.59 Å². The molecule has 6 heteroatoms. The number of nitrogens with zero attached hydrogens (tertiary/aromatic N) is 2. The largest absolute Gasteiger partial charge is 0.339 e. The molecule has 30 heavy (non-hydrogen) atoms. The number of fused-ring (bicyclic) bond motifs is 1. The van der Waals surface area contributed by atoms with Crippen LogP contribution in [0.4, 0.5) is 5.82 Å². The molecule has 2 aromatic carbocycles. The van der Waals surface area contributed by atoms with Crippen molar-refractivity contribution in [1.29, 1.82) is 0 Å². The van der Waals surface area contributed by atoms with Crippen molar-refractivity contribution in [2.75, 3.05) is 5.32 Å². The molecular weight excluding hydrogens is 376 g/mol. The molecule has 6 nitrogen and oxygen atoms in total. The highest BCUT2D eigenvalue weighted by Gasteiger charge is 2.41. The van der Waals surface area contributed by atoms with E-state index in [9.17, 15) is 9.59 Å². The third-order valence-corrected chi connectivity index (χ3v) is 5.75. The van der Waals surface area contributed by atoms with Gasteiger partial charge in [-0.3, -0.25) is 14.3 Å². The van der Waals surface area contributed by atoms with Crippen LogP contribution in [0.25, 0.3) is 0 Å². The van der Waals surface area contributed by atoms with Crippen LogP contribution in [-0.4, -0.2) is 27.6 Å². The van der Waals surface area contributed by atoms with E-state index in [2.05, 4.69) is 34.8 Å². The first kappa shape index (κ1) is 19.9. The molecule has 2 atom stereocenters. The summed E-state index contributed by atoms with van der Waals surface area (Å²) in [5.41, 5.74) is 5.52. The van der Waals surface area contributed by atoms with E-state index in [4.69, 9.17) is 0 Å². The fraction of sp³-hybridized carbons (Fsp3) is 0.292. The Morgan fingerprint density at radius 1 is 1.17 bits per heavy atom. The monoisotopic (exact) mass is 402 g/mol. The van der Waals surface area contributed by atoms with E-state index in [1.807, 2.05) is 51.2 Å². The number of anilines is 1. The zero-order chi connectivity index (χ0) is 21.4. The zero-order valence-electron chi connectivity index (χ0n) is 17.7. The van der Waals surface area contributed by atoms with Gasteiger partial charge in [-0.25, -0.2) is 0 Å². The molecule has 1 aromatic heterocycles. The van der Waals surface area contributed by atoms with E-state index in [0.717, 1.165) is 28.8 Å². The first-order valence-electron chi connectivity index (χ1n) is 10.2. The lowest BCUT2D eigenvalue weighted by atomic mass is 9.81. The lowest BCUT2D eigenvalue weighted by Crippen LogP contribution is -2.50. The average molecular weight is 402 g/mol. The number of nitrogens with one attached hydrogen (secondary N) is 2. The Bertz CT molecular complexity index is 1110. The highest BCUT2D eigenvalue weighted by molar-refractivity contribution is 6.04. The second-order valence-electron chi connectivity index (χ2n) is 7.85. The number of hydrogen-bond acceptors (Lipinski definition) is 3. The van der Waals surface area contributed by atoms with Crippen LogP contribution in [0, 0.1) is 13.8 Å². The summed E-state index contributed by atoms with van der Waals surface area (Å²) in [6, 6.07) is 14.9. The highest BCUT2D eigenvalue weighted by atomic mass is 16.2. The third kappa shape index (κ3) is 3.49. The van der Waals surface area contributed by atoms with Gasteiger partial charge in [0.25, 0.3) is 5.91 Å². The van der Waals surface area contributed by atoms with Crippen molar-refractivity contribution in [2.45, 2.75) is 39.2 Å². The minimum absolute atomic E-state index is 0.240. The number of rotatable bonds is 4. The molecule has 154 valence electrons. The minimum Gasteiger partial charge on any atom is -0.339 e. The number of carbonyl (C=O) groups excluding carboxylic acids is 2. The van der Waals surface area contributed by atoms with Crippen LogP contribution in [0.3, 0.4) is 0 Å². The van der Waals surface area contributed by atoms with Crippen molar-refractivity contribution in [3.8, 4) is 0 Å². The molecular formula is C24H26N4O2. The molecule has 2 amide bonds. The smallest absolute Gasteiger partial charge is 0.251 e. The fourth-order valence-corrected chi connectivity index (χ4v) is 4.19. The van der Waals surface area contributed by atoms with Crippen molar-refractivity contribution in [3.63, 3.8) is 0 Å². The van der Waals surface area contributed by atoms with Crippen LogP contribution in [0.5, 0.6) is 0 Å². The van der Waals surface area contributed by atoms with Gasteiger partial charge in [0, 0.05) is 24.1 Å². The first-order chi connectivity index (χ1) is 14.4. The molecule has 0 unspecified atom stereocenters. The van der Waals surface area contributed by atoms with Gasteiger partial charge in [-0.2, -0.15) is 5.10 Å².